The number of hydrogen-bond donors (Lipinski definition) is 2. The zero-order chi connectivity index (χ0) is 17.2. The van der Waals surface area contributed by atoms with E-state index in [0.29, 0.717) is 11.1 Å². The van der Waals surface area contributed by atoms with Gasteiger partial charge in [-0.3, -0.25) is 14.6 Å². The zero-order valence-corrected chi connectivity index (χ0v) is 13.9. The summed E-state index contributed by atoms with van der Waals surface area (Å²) in [6.07, 6.45) is -0.131. The van der Waals surface area contributed by atoms with E-state index in [-0.39, 0.29) is 18.2 Å². The fourth-order valence-corrected chi connectivity index (χ4v) is 2.46. The van der Waals surface area contributed by atoms with E-state index < -0.39 is 11.5 Å². The number of carboxylic acid groups (broad SMARTS) is 1. The molecular formula is C18H22N2O3. The van der Waals surface area contributed by atoms with Crippen molar-refractivity contribution in [3.63, 3.8) is 0 Å². The molecule has 122 valence electrons. The Morgan fingerprint density at radius 1 is 1.26 bits per heavy atom. The van der Waals surface area contributed by atoms with E-state index in [0.717, 1.165) is 11.1 Å². The molecule has 0 aliphatic carbocycles. The summed E-state index contributed by atoms with van der Waals surface area (Å²) in [4.78, 5) is 28.3. The molecule has 1 aromatic carbocycles. The molecule has 0 aliphatic heterocycles. The Labute approximate surface area is 135 Å². The van der Waals surface area contributed by atoms with Crippen LogP contribution in [0.2, 0.25) is 0 Å². The third kappa shape index (κ3) is 3.67. The van der Waals surface area contributed by atoms with E-state index in [1.165, 1.54) is 0 Å². The van der Waals surface area contributed by atoms with Gasteiger partial charge in [0, 0.05) is 11.1 Å². The van der Waals surface area contributed by atoms with Crippen LogP contribution in [0.15, 0.2) is 30.3 Å². The van der Waals surface area contributed by atoms with Gasteiger partial charge in [0.25, 0.3) is 5.91 Å². The Balaban J connectivity index is 2.40. The number of nitrogens with zero attached hydrogens (tertiary/aromatic N) is 1. The lowest BCUT2D eigenvalue weighted by Gasteiger charge is -2.33. The molecular weight excluding hydrogens is 292 g/mol. The van der Waals surface area contributed by atoms with Gasteiger partial charge in [0.05, 0.1) is 23.0 Å². The predicted octanol–water partition coefficient (Wildman–Crippen LogP) is 3.16. The number of benzene rings is 1. The highest BCUT2D eigenvalue weighted by atomic mass is 16.4. The van der Waals surface area contributed by atoms with Crippen molar-refractivity contribution in [1.29, 1.82) is 0 Å². The van der Waals surface area contributed by atoms with Crippen LogP contribution in [0, 0.1) is 12.8 Å². The molecule has 23 heavy (non-hydrogen) atoms. The normalized spacial score (nSPS) is 13.8. The van der Waals surface area contributed by atoms with Gasteiger partial charge in [0.2, 0.25) is 0 Å². The molecule has 1 amide bonds. The van der Waals surface area contributed by atoms with Crippen molar-refractivity contribution in [1.82, 2.24) is 10.3 Å². The van der Waals surface area contributed by atoms with Gasteiger partial charge in [0.1, 0.15) is 0 Å². The van der Waals surface area contributed by atoms with Gasteiger partial charge >= 0.3 is 5.97 Å². The molecule has 1 unspecified atom stereocenters. The van der Waals surface area contributed by atoms with E-state index in [2.05, 4.69) is 10.3 Å². The first-order valence-corrected chi connectivity index (χ1v) is 7.63. The van der Waals surface area contributed by atoms with Crippen LogP contribution in [0.1, 0.15) is 43.2 Å². The second-order valence-corrected chi connectivity index (χ2v) is 6.43. The SMILES string of the molecule is Cc1ccc2cccc(C(=O)NC(C)(CC(=O)O)C(C)C)c2n1. The molecule has 5 heteroatoms. The van der Waals surface area contributed by atoms with Crippen LogP contribution in [0.4, 0.5) is 0 Å². The number of pyridine rings is 1. The van der Waals surface area contributed by atoms with Gasteiger partial charge in [-0.05, 0) is 31.9 Å². The third-order valence-electron chi connectivity index (χ3n) is 4.30. The summed E-state index contributed by atoms with van der Waals surface area (Å²) in [6, 6.07) is 9.24. The summed E-state index contributed by atoms with van der Waals surface area (Å²) >= 11 is 0. The molecule has 0 saturated heterocycles. The van der Waals surface area contributed by atoms with E-state index >= 15 is 0 Å². The number of carbonyl (C=O) groups excluding carboxylic acids is 1. The summed E-state index contributed by atoms with van der Waals surface area (Å²) in [6.45, 7) is 7.42. The molecule has 0 fully saturated rings. The van der Waals surface area contributed by atoms with Crippen molar-refractivity contribution in [3.05, 3.63) is 41.6 Å². The molecule has 0 radical (unpaired) electrons. The number of aromatic nitrogens is 1. The number of rotatable bonds is 5. The summed E-state index contributed by atoms with van der Waals surface area (Å²) in [5.74, 6) is -1.26. The highest BCUT2D eigenvalue weighted by molar-refractivity contribution is 6.05. The number of aryl methyl sites for hydroxylation is 1. The average Bonchev–Trinajstić information content (AvgIpc) is 2.45. The molecule has 5 nitrogen and oxygen atoms in total. The molecule has 1 aromatic heterocycles. The van der Waals surface area contributed by atoms with Gasteiger partial charge in [-0.25, -0.2) is 0 Å². The maximum atomic E-state index is 12.7. The number of carboxylic acids is 1. The number of hydrogen-bond acceptors (Lipinski definition) is 3. The molecule has 2 N–H and O–H groups in total. The number of aliphatic carboxylic acids is 1. The van der Waals surface area contributed by atoms with Crippen LogP contribution in [-0.4, -0.2) is 27.5 Å². The molecule has 2 rings (SSSR count). The monoisotopic (exact) mass is 314 g/mol. The molecule has 0 saturated carbocycles. The van der Waals surface area contributed by atoms with Crippen molar-refractivity contribution in [2.24, 2.45) is 5.92 Å². The van der Waals surface area contributed by atoms with Gasteiger partial charge in [-0.15, -0.1) is 0 Å². The van der Waals surface area contributed by atoms with Crippen molar-refractivity contribution < 1.29 is 14.7 Å². The summed E-state index contributed by atoms with van der Waals surface area (Å²) < 4.78 is 0. The van der Waals surface area contributed by atoms with Crippen LogP contribution in [0.5, 0.6) is 0 Å². The largest absolute Gasteiger partial charge is 0.481 e. The predicted molar refractivity (Wildman–Crippen MR) is 89.4 cm³/mol. The van der Waals surface area contributed by atoms with Gasteiger partial charge < -0.3 is 10.4 Å². The van der Waals surface area contributed by atoms with E-state index in [9.17, 15) is 9.59 Å². The average molecular weight is 314 g/mol. The van der Waals surface area contributed by atoms with Crippen molar-refractivity contribution in [2.45, 2.75) is 39.7 Å². The van der Waals surface area contributed by atoms with Gasteiger partial charge in [-0.1, -0.05) is 32.0 Å². The highest BCUT2D eigenvalue weighted by Crippen LogP contribution is 2.23. The zero-order valence-electron chi connectivity index (χ0n) is 13.9. The smallest absolute Gasteiger partial charge is 0.305 e. The first-order chi connectivity index (χ1) is 10.7. The highest BCUT2D eigenvalue weighted by Gasteiger charge is 2.33. The van der Waals surface area contributed by atoms with Crippen LogP contribution in [0.3, 0.4) is 0 Å². The maximum Gasteiger partial charge on any atom is 0.305 e. The number of nitrogens with one attached hydrogen (secondary N) is 1. The summed E-state index contributed by atoms with van der Waals surface area (Å²) in [5.41, 5.74) is 1.10. The minimum Gasteiger partial charge on any atom is -0.481 e. The lowest BCUT2D eigenvalue weighted by atomic mass is 9.85. The second kappa shape index (κ2) is 6.36. The number of carbonyl (C=O) groups is 2. The fraction of sp³-hybridized carbons (Fsp3) is 0.389. The van der Waals surface area contributed by atoms with Crippen LogP contribution in [0.25, 0.3) is 10.9 Å². The van der Waals surface area contributed by atoms with E-state index in [4.69, 9.17) is 5.11 Å². The first-order valence-electron chi connectivity index (χ1n) is 7.63. The Morgan fingerprint density at radius 2 is 1.96 bits per heavy atom. The first kappa shape index (κ1) is 16.9. The van der Waals surface area contributed by atoms with Crippen molar-refractivity contribution >= 4 is 22.8 Å². The lowest BCUT2D eigenvalue weighted by molar-refractivity contribution is -0.138. The number of fused-ring (bicyclic) bond motifs is 1. The van der Waals surface area contributed by atoms with Crippen LogP contribution < -0.4 is 5.32 Å². The van der Waals surface area contributed by atoms with Crippen molar-refractivity contribution in [3.8, 4) is 0 Å². The second-order valence-electron chi connectivity index (χ2n) is 6.43. The minimum absolute atomic E-state index is 0.0211. The Hall–Kier alpha value is -2.43. The fourth-order valence-electron chi connectivity index (χ4n) is 2.46. The Kier molecular flexibility index (Phi) is 4.68. The minimum atomic E-state index is -0.937. The molecule has 2 aromatic rings. The summed E-state index contributed by atoms with van der Waals surface area (Å²) in [5, 5.41) is 12.9. The van der Waals surface area contributed by atoms with Crippen LogP contribution >= 0.6 is 0 Å². The standard InChI is InChI=1S/C18H22N2O3/c1-11(2)18(4,10-15(21)22)20-17(23)14-7-5-6-13-9-8-12(3)19-16(13)14/h5-9,11H,10H2,1-4H3,(H,20,23)(H,21,22). The number of para-hydroxylation sites is 1. The molecule has 0 bridgehead atoms. The van der Waals surface area contributed by atoms with E-state index in [1.54, 1.807) is 19.1 Å². The molecule has 0 spiro atoms. The quantitative estimate of drug-likeness (QED) is 0.888. The van der Waals surface area contributed by atoms with Crippen LogP contribution in [-0.2, 0) is 4.79 Å². The Bertz CT molecular complexity index is 755. The van der Waals surface area contributed by atoms with Crippen molar-refractivity contribution in [2.75, 3.05) is 0 Å². The van der Waals surface area contributed by atoms with Gasteiger partial charge in [-0.2, -0.15) is 0 Å². The van der Waals surface area contributed by atoms with E-state index in [1.807, 2.05) is 39.0 Å². The molecule has 0 aliphatic rings. The Morgan fingerprint density at radius 3 is 2.57 bits per heavy atom. The van der Waals surface area contributed by atoms with Gasteiger partial charge in [0.15, 0.2) is 0 Å². The summed E-state index contributed by atoms with van der Waals surface area (Å²) in [7, 11) is 0. The maximum absolute atomic E-state index is 12.7. The number of amides is 1. The topological polar surface area (TPSA) is 79.3 Å². The molecule has 1 heterocycles. The molecule has 1 atom stereocenters. The third-order valence-corrected chi connectivity index (χ3v) is 4.30. The lowest BCUT2D eigenvalue weighted by Crippen LogP contribution is -2.51.